The van der Waals surface area contributed by atoms with Gasteiger partial charge in [-0.25, -0.2) is 0 Å². The van der Waals surface area contributed by atoms with Crippen molar-refractivity contribution in [3.63, 3.8) is 0 Å². The molecule has 0 aliphatic carbocycles. The van der Waals surface area contributed by atoms with Crippen LogP contribution in [0.4, 0.5) is 5.69 Å². The minimum absolute atomic E-state index is 0.131. The predicted octanol–water partition coefficient (Wildman–Crippen LogP) is 4.54. The van der Waals surface area contributed by atoms with Crippen molar-refractivity contribution in [3.8, 4) is 11.5 Å². The first-order chi connectivity index (χ1) is 16.1. The second kappa shape index (κ2) is 10.2. The Hall–Kier alpha value is -3.80. The van der Waals surface area contributed by atoms with Gasteiger partial charge < -0.3 is 19.7 Å². The molecule has 0 saturated carbocycles. The van der Waals surface area contributed by atoms with Crippen LogP contribution in [0.15, 0.2) is 72.8 Å². The predicted molar refractivity (Wildman–Crippen MR) is 128 cm³/mol. The summed E-state index contributed by atoms with van der Waals surface area (Å²) in [5, 5.41) is 3.17. The monoisotopic (exact) mass is 444 g/mol. The topological polar surface area (TPSA) is 67.9 Å². The van der Waals surface area contributed by atoms with Crippen LogP contribution in [0.25, 0.3) is 0 Å². The van der Waals surface area contributed by atoms with Crippen molar-refractivity contribution < 1.29 is 19.1 Å². The molecule has 0 unspecified atom stereocenters. The number of carbonyl (C=O) groups is 2. The third kappa shape index (κ3) is 5.34. The Labute approximate surface area is 194 Å². The van der Waals surface area contributed by atoms with E-state index in [-0.39, 0.29) is 17.9 Å². The molecule has 1 N–H and O–H groups in total. The number of nitrogens with one attached hydrogen (secondary N) is 1. The van der Waals surface area contributed by atoms with Crippen LogP contribution in [0.5, 0.6) is 11.5 Å². The summed E-state index contributed by atoms with van der Waals surface area (Å²) in [6.45, 7) is 0.728. The quantitative estimate of drug-likeness (QED) is 0.554. The van der Waals surface area contributed by atoms with E-state index in [1.54, 1.807) is 31.3 Å². The smallest absolute Gasteiger partial charge is 0.251 e. The highest BCUT2D eigenvalue weighted by atomic mass is 16.5. The SMILES string of the molecule is COc1ccc(C[C@H](NC(=O)c2ccc(N3CCCC3=O)cc2)c2ccc(OC)cc2)cc1. The third-order valence-corrected chi connectivity index (χ3v) is 5.94. The minimum atomic E-state index is -0.225. The van der Waals surface area contributed by atoms with Crippen molar-refractivity contribution in [2.75, 3.05) is 25.7 Å². The molecule has 1 heterocycles. The average molecular weight is 445 g/mol. The molecule has 3 aromatic carbocycles. The van der Waals surface area contributed by atoms with Crippen LogP contribution in [-0.2, 0) is 11.2 Å². The number of amides is 2. The Balaban J connectivity index is 1.52. The lowest BCUT2D eigenvalue weighted by molar-refractivity contribution is -0.117. The van der Waals surface area contributed by atoms with Gasteiger partial charge in [0.15, 0.2) is 0 Å². The first-order valence-corrected chi connectivity index (χ1v) is 11.1. The van der Waals surface area contributed by atoms with Crippen LogP contribution in [-0.4, -0.2) is 32.6 Å². The molecular formula is C27H28N2O4. The van der Waals surface area contributed by atoms with Crippen molar-refractivity contribution in [3.05, 3.63) is 89.5 Å². The van der Waals surface area contributed by atoms with Crippen molar-refractivity contribution in [2.45, 2.75) is 25.3 Å². The number of nitrogens with zero attached hydrogens (tertiary/aromatic N) is 1. The van der Waals surface area contributed by atoms with Crippen molar-refractivity contribution in [2.24, 2.45) is 0 Å². The van der Waals surface area contributed by atoms with Crippen LogP contribution >= 0.6 is 0 Å². The van der Waals surface area contributed by atoms with Gasteiger partial charge >= 0.3 is 0 Å². The summed E-state index contributed by atoms with van der Waals surface area (Å²) in [5.41, 5.74) is 3.46. The largest absolute Gasteiger partial charge is 0.497 e. The molecule has 1 atom stereocenters. The number of methoxy groups -OCH3 is 2. The van der Waals surface area contributed by atoms with Gasteiger partial charge in [0, 0.05) is 24.2 Å². The van der Waals surface area contributed by atoms with Gasteiger partial charge in [0.2, 0.25) is 5.91 Å². The molecule has 170 valence electrons. The summed E-state index contributed by atoms with van der Waals surface area (Å²) < 4.78 is 10.5. The molecule has 3 aromatic rings. The molecule has 6 nitrogen and oxygen atoms in total. The maximum atomic E-state index is 13.1. The van der Waals surface area contributed by atoms with E-state index in [1.807, 2.05) is 60.7 Å². The Morgan fingerprint density at radius 2 is 1.52 bits per heavy atom. The Morgan fingerprint density at radius 1 is 0.909 bits per heavy atom. The fourth-order valence-electron chi connectivity index (χ4n) is 4.04. The number of carbonyl (C=O) groups excluding carboxylic acids is 2. The summed E-state index contributed by atoms with van der Waals surface area (Å²) in [7, 11) is 3.27. The van der Waals surface area contributed by atoms with Gasteiger partial charge in [-0.2, -0.15) is 0 Å². The molecule has 2 amide bonds. The Morgan fingerprint density at radius 3 is 2.06 bits per heavy atom. The van der Waals surface area contributed by atoms with Gasteiger partial charge in [-0.05, 0) is 72.5 Å². The van der Waals surface area contributed by atoms with E-state index in [4.69, 9.17) is 9.47 Å². The van der Waals surface area contributed by atoms with Crippen molar-refractivity contribution in [1.82, 2.24) is 5.32 Å². The molecular weight excluding hydrogens is 416 g/mol. The molecule has 1 aliphatic rings. The Kier molecular flexibility index (Phi) is 6.93. The highest BCUT2D eigenvalue weighted by molar-refractivity contribution is 5.97. The molecule has 1 fully saturated rings. The zero-order chi connectivity index (χ0) is 23.2. The zero-order valence-corrected chi connectivity index (χ0v) is 18.9. The van der Waals surface area contributed by atoms with Crippen LogP contribution in [0, 0.1) is 0 Å². The highest BCUT2D eigenvalue weighted by Crippen LogP contribution is 2.25. The molecule has 33 heavy (non-hydrogen) atoms. The number of benzene rings is 3. The fourth-order valence-corrected chi connectivity index (χ4v) is 4.04. The molecule has 1 saturated heterocycles. The molecule has 0 bridgehead atoms. The zero-order valence-electron chi connectivity index (χ0n) is 18.9. The normalized spacial score (nSPS) is 14.1. The average Bonchev–Trinajstić information content (AvgIpc) is 3.30. The van der Waals surface area contributed by atoms with Gasteiger partial charge in [-0.15, -0.1) is 0 Å². The minimum Gasteiger partial charge on any atom is -0.497 e. The van der Waals surface area contributed by atoms with Crippen LogP contribution < -0.4 is 19.7 Å². The van der Waals surface area contributed by atoms with Gasteiger partial charge in [-0.3, -0.25) is 9.59 Å². The lowest BCUT2D eigenvalue weighted by Gasteiger charge is -2.21. The van der Waals surface area contributed by atoms with Gasteiger partial charge in [0.1, 0.15) is 11.5 Å². The van der Waals surface area contributed by atoms with E-state index in [9.17, 15) is 9.59 Å². The number of hydrogen-bond acceptors (Lipinski definition) is 4. The summed E-state index contributed by atoms with van der Waals surface area (Å²) in [6.07, 6.45) is 2.08. The molecule has 0 spiro atoms. The van der Waals surface area contributed by atoms with E-state index in [2.05, 4.69) is 5.32 Å². The second-order valence-corrected chi connectivity index (χ2v) is 8.05. The van der Waals surface area contributed by atoms with E-state index in [0.29, 0.717) is 18.4 Å². The first-order valence-electron chi connectivity index (χ1n) is 11.1. The second-order valence-electron chi connectivity index (χ2n) is 8.05. The fraction of sp³-hybridized carbons (Fsp3) is 0.259. The third-order valence-electron chi connectivity index (χ3n) is 5.94. The van der Waals surface area contributed by atoms with Crippen molar-refractivity contribution in [1.29, 1.82) is 0 Å². The number of anilines is 1. The number of hydrogen-bond donors (Lipinski definition) is 1. The van der Waals surface area contributed by atoms with E-state index in [1.165, 1.54) is 0 Å². The summed E-state index contributed by atoms with van der Waals surface area (Å²) in [5.74, 6) is 1.52. The Bertz CT molecular complexity index is 1090. The van der Waals surface area contributed by atoms with E-state index >= 15 is 0 Å². The molecule has 4 rings (SSSR count). The van der Waals surface area contributed by atoms with Gasteiger partial charge in [0.25, 0.3) is 5.91 Å². The van der Waals surface area contributed by atoms with E-state index < -0.39 is 0 Å². The lowest BCUT2D eigenvalue weighted by Crippen LogP contribution is -2.30. The molecule has 1 aliphatic heterocycles. The van der Waals surface area contributed by atoms with Gasteiger partial charge in [0.05, 0.1) is 20.3 Å². The van der Waals surface area contributed by atoms with Crippen LogP contribution in [0.1, 0.15) is 40.4 Å². The lowest BCUT2D eigenvalue weighted by atomic mass is 9.98. The van der Waals surface area contributed by atoms with E-state index in [0.717, 1.165) is 41.3 Å². The molecule has 6 heteroatoms. The first kappa shape index (κ1) is 22.4. The van der Waals surface area contributed by atoms with Crippen LogP contribution in [0.2, 0.25) is 0 Å². The maximum Gasteiger partial charge on any atom is 0.251 e. The number of ether oxygens (including phenoxy) is 2. The maximum absolute atomic E-state index is 13.1. The summed E-state index contributed by atoms with van der Waals surface area (Å²) >= 11 is 0. The summed E-state index contributed by atoms with van der Waals surface area (Å²) in [6, 6.07) is 22.6. The summed E-state index contributed by atoms with van der Waals surface area (Å²) in [4.78, 5) is 26.9. The molecule has 0 radical (unpaired) electrons. The number of rotatable bonds is 8. The highest BCUT2D eigenvalue weighted by Gasteiger charge is 2.22. The van der Waals surface area contributed by atoms with Crippen molar-refractivity contribution >= 4 is 17.5 Å². The van der Waals surface area contributed by atoms with Crippen LogP contribution in [0.3, 0.4) is 0 Å². The standard InChI is InChI=1S/C27H28N2O4/c1-32-23-13-5-19(6-14-23)18-25(20-9-15-24(33-2)16-10-20)28-27(31)21-7-11-22(12-8-21)29-17-3-4-26(29)30/h5-16,25H,3-4,17-18H2,1-2H3,(H,28,31)/t25-/m0/s1. The van der Waals surface area contributed by atoms with Gasteiger partial charge in [-0.1, -0.05) is 24.3 Å². The molecule has 0 aromatic heterocycles.